The van der Waals surface area contributed by atoms with Crippen molar-refractivity contribution in [1.29, 1.82) is 5.41 Å². The maximum atomic E-state index is 12.6. The van der Waals surface area contributed by atoms with Crippen molar-refractivity contribution in [2.75, 3.05) is 0 Å². The minimum atomic E-state index is -0.405. The van der Waals surface area contributed by atoms with E-state index in [0.717, 1.165) is 40.5 Å². The summed E-state index contributed by atoms with van der Waals surface area (Å²) in [5, 5.41) is 16.4. The lowest BCUT2D eigenvalue weighted by molar-refractivity contribution is -0.114. The van der Waals surface area contributed by atoms with Gasteiger partial charge in [-0.25, -0.2) is 0 Å². The van der Waals surface area contributed by atoms with E-state index in [0.29, 0.717) is 10.2 Å². The number of carbonyl (C=O) groups is 1. The summed E-state index contributed by atoms with van der Waals surface area (Å²) in [5.41, 5.74) is 4.10. The standard InChI is InChI=1S/C21H20ClN5OS/c1-4-5-18-25-27-19(23)17(20(28)24-21(27)29-18)11-14-10-12(2)26(13(14)3)16-8-6-15(22)7-9-16/h6-11,23H,4-5H2,1-3H3/b17-11+,23-19?. The highest BCUT2D eigenvalue weighted by molar-refractivity contribution is 8.26. The van der Waals surface area contributed by atoms with Gasteiger partial charge in [-0.15, -0.1) is 0 Å². The monoisotopic (exact) mass is 425 g/mol. The summed E-state index contributed by atoms with van der Waals surface area (Å²) >= 11 is 7.38. The molecule has 0 radical (unpaired) electrons. The number of fused-ring (bicyclic) bond motifs is 1. The van der Waals surface area contributed by atoms with E-state index in [1.54, 1.807) is 6.08 Å². The first-order valence-corrected chi connectivity index (χ1v) is 10.5. The Balaban J connectivity index is 1.72. The van der Waals surface area contributed by atoms with Crippen molar-refractivity contribution in [2.45, 2.75) is 33.6 Å². The lowest BCUT2D eigenvalue weighted by Crippen LogP contribution is -2.35. The van der Waals surface area contributed by atoms with Crippen molar-refractivity contribution in [3.05, 3.63) is 57.9 Å². The van der Waals surface area contributed by atoms with Crippen LogP contribution in [0.3, 0.4) is 0 Å². The van der Waals surface area contributed by atoms with Gasteiger partial charge in [0.05, 0.1) is 5.57 Å². The average Bonchev–Trinajstić information content (AvgIpc) is 3.20. The van der Waals surface area contributed by atoms with Crippen LogP contribution in [0.15, 0.2) is 46.0 Å². The van der Waals surface area contributed by atoms with Gasteiger partial charge in [0.15, 0.2) is 5.84 Å². The van der Waals surface area contributed by atoms with Gasteiger partial charge in [-0.05, 0) is 80.4 Å². The van der Waals surface area contributed by atoms with Crippen LogP contribution in [0, 0.1) is 19.3 Å². The lowest BCUT2D eigenvalue weighted by atomic mass is 10.1. The first-order chi connectivity index (χ1) is 13.9. The molecule has 2 aliphatic rings. The van der Waals surface area contributed by atoms with Gasteiger partial charge in [-0.3, -0.25) is 10.2 Å². The van der Waals surface area contributed by atoms with Crippen LogP contribution in [-0.2, 0) is 4.79 Å². The molecule has 1 N–H and O–H groups in total. The summed E-state index contributed by atoms with van der Waals surface area (Å²) in [7, 11) is 0. The Bertz CT molecular complexity index is 1110. The molecule has 2 aromatic rings. The highest BCUT2D eigenvalue weighted by atomic mass is 35.5. The zero-order valence-electron chi connectivity index (χ0n) is 16.4. The Kier molecular flexibility index (Phi) is 5.19. The van der Waals surface area contributed by atoms with Gasteiger partial charge >= 0.3 is 0 Å². The molecule has 1 aromatic heterocycles. The normalized spacial score (nSPS) is 17.7. The quantitative estimate of drug-likeness (QED) is 0.687. The number of halogens is 1. The maximum absolute atomic E-state index is 12.6. The fourth-order valence-corrected chi connectivity index (χ4v) is 4.54. The summed E-state index contributed by atoms with van der Waals surface area (Å²) in [6, 6.07) is 9.61. The first kappa shape index (κ1) is 19.7. The fourth-order valence-electron chi connectivity index (χ4n) is 3.42. The second kappa shape index (κ2) is 7.65. The molecule has 0 fully saturated rings. The number of hydrogen-bond donors (Lipinski definition) is 1. The summed E-state index contributed by atoms with van der Waals surface area (Å²) in [5.74, 6) is -0.340. The number of rotatable bonds is 4. The number of amides is 1. The molecular weight excluding hydrogens is 406 g/mol. The van der Waals surface area contributed by atoms with Crippen LogP contribution in [0.2, 0.25) is 5.02 Å². The smallest absolute Gasteiger partial charge is 0.283 e. The van der Waals surface area contributed by atoms with Crippen molar-refractivity contribution in [3.63, 3.8) is 0 Å². The molecule has 0 unspecified atom stereocenters. The molecule has 2 aliphatic heterocycles. The molecule has 8 heteroatoms. The molecule has 6 nitrogen and oxygen atoms in total. The zero-order chi connectivity index (χ0) is 20.7. The second-order valence-corrected chi connectivity index (χ2v) is 8.38. The molecule has 3 heterocycles. The lowest BCUT2D eigenvalue weighted by Gasteiger charge is -2.20. The summed E-state index contributed by atoms with van der Waals surface area (Å²) < 4.78 is 2.09. The van der Waals surface area contributed by atoms with Crippen LogP contribution in [0.25, 0.3) is 11.8 Å². The molecule has 0 atom stereocenters. The van der Waals surface area contributed by atoms with E-state index in [1.165, 1.54) is 16.8 Å². The molecule has 4 rings (SSSR count). The first-order valence-electron chi connectivity index (χ1n) is 9.33. The second-order valence-electron chi connectivity index (χ2n) is 6.90. The molecule has 0 bridgehead atoms. The fraction of sp³-hybridized carbons (Fsp3) is 0.238. The zero-order valence-corrected chi connectivity index (χ0v) is 17.9. The van der Waals surface area contributed by atoms with Crippen LogP contribution in [-0.4, -0.2) is 31.5 Å². The Hall–Kier alpha value is -2.64. The number of amidine groups is 2. The number of hydrazone groups is 1. The van der Waals surface area contributed by atoms with Crippen LogP contribution in [0.1, 0.15) is 36.7 Å². The van der Waals surface area contributed by atoms with Gasteiger partial charge in [0.1, 0.15) is 5.04 Å². The van der Waals surface area contributed by atoms with Gasteiger partial charge in [0.2, 0.25) is 5.17 Å². The minimum Gasteiger partial charge on any atom is -0.318 e. The third-order valence-electron chi connectivity index (χ3n) is 4.82. The van der Waals surface area contributed by atoms with Crippen molar-refractivity contribution >= 4 is 51.4 Å². The molecular formula is C21H20ClN5OS. The number of aromatic nitrogens is 1. The molecule has 0 spiro atoms. The van der Waals surface area contributed by atoms with E-state index in [4.69, 9.17) is 17.0 Å². The number of carbonyl (C=O) groups excluding carboxylic acids is 1. The van der Waals surface area contributed by atoms with E-state index in [9.17, 15) is 4.79 Å². The Morgan fingerprint density at radius 1 is 1.24 bits per heavy atom. The van der Waals surface area contributed by atoms with Crippen LogP contribution < -0.4 is 0 Å². The van der Waals surface area contributed by atoms with E-state index < -0.39 is 5.91 Å². The van der Waals surface area contributed by atoms with Crippen LogP contribution in [0.5, 0.6) is 0 Å². The average molecular weight is 426 g/mol. The predicted molar refractivity (Wildman–Crippen MR) is 120 cm³/mol. The minimum absolute atomic E-state index is 0.0647. The van der Waals surface area contributed by atoms with Crippen molar-refractivity contribution < 1.29 is 4.79 Å². The molecule has 148 valence electrons. The van der Waals surface area contributed by atoms with Crippen molar-refractivity contribution in [3.8, 4) is 5.69 Å². The van der Waals surface area contributed by atoms with Crippen LogP contribution >= 0.6 is 23.4 Å². The molecule has 0 aliphatic carbocycles. The predicted octanol–water partition coefficient (Wildman–Crippen LogP) is 5.17. The molecule has 29 heavy (non-hydrogen) atoms. The summed E-state index contributed by atoms with van der Waals surface area (Å²) in [6.45, 7) is 6.07. The highest BCUT2D eigenvalue weighted by Crippen LogP contribution is 2.31. The molecule has 1 amide bonds. The van der Waals surface area contributed by atoms with Crippen LogP contribution in [0.4, 0.5) is 0 Å². The Labute approximate surface area is 178 Å². The van der Waals surface area contributed by atoms with Crippen molar-refractivity contribution in [1.82, 2.24) is 9.58 Å². The SMILES string of the molecule is CCCC1=NN2C(=N)/C(=C\c3cc(C)n(-c4ccc(Cl)cc4)c3C)C(=O)N=C2S1. The third kappa shape index (κ3) is 3.56. The van der Waals surface area contributed by atoms with E-state index in [2.05, 4.69) is 21.6 Å². The van der Waals surface area contributed by atoms with Gasteiger partial charge in [0, 0.05) is 22.1 Å². The van der Waals surface area contributed by atoms with Crippen molar-refractivity contribution in [2.24, 2.45) is 10.1 Å². The van der Waals surface area contributed by atoms with E-state index in [1.807, 2.05) is 44.2 Å². The van der Waals surface area contributed by atoms with E-state index in [-0.39, 0.29) is 11.4 Å². The topological polar surface area (TPSA) is 73.8 Å². The summed E-state index contributed by atoms with van der Waals surface area (Å²) in [4.78, 5) is 16.8. The number of thioether (sulfide) groups is 1. The third-order valence-corrected chi connectivity index (χ3v) is 6.04. The van der Waals surface area contributed by atoms with Gasteiger partial charge < -0.3 is 4.57 Å². The van der Waals surface area contributed by atoms with Gasteiger partial charge in [0.25, 0.3) is 5.91 Å². The largest absolute Gasteiger partial charge is 0.318 e. The molecule has 0 saturated carbocycles. The number of nitrogens with zero attached hydrogens (tertiary/aromatic N) is 4. The number of hydrogen-bond acceptors (Lipinski definition) is 4. The van der Waals surface area contributed by atoms with E-state index >= 15 is 0 Å². The highest BCUT2D eigenvalue weighted by Gasteiger charge is 2.35. The summed E-state index contributed by atoms with van der Waals surface area (Å²) in [6.07, 6.45) is 3.49. The number of nitrogens with one attached hydrogen (secondary N) is 1. The number of aliphatic imine (C=N–C) groups is 1. The van der Waals surface area contributed by atoms with Gasteiger partial charge in [-0.2, -0.15) is 15.1 Å². The Morgan fingerprint density at radius 2 is 1.97 bits per heavy atom. The number of benzene rings is 1. The Morgan fingerprint density at radius 3 is 2.66 bits per heavy atom. The number of aryl methyl sites for hydroxylation is 1. The molecule has 0 saturated heterocycles. The molecule has 1 aromatic carbocycles. The van der Waals surface area contributed by atoms with Gasteiger partial charge in [-0.1, -0.05) is 18.5 Å². The maximum Gasteiger partial charge on any atom is 0.283 e.